The lowest BCUT2D eigenvalue weighted by atomic mass is 10.0. The van der Waals surface area contributed by atoms with E-state index in [1.807, 2.05) is 6.92 Å². The summed E-state index contributed by atoms with van der Waals surface area (Å²) in [5, 5.41) is 17.3. The Labute approximate surface area is 130 Å². The fourth-order valence-electron chi connectivity index (χ4n) is 2.72. The molecule has 1 aliphatic heterocycles. The van der Waals surface area contributed by atoms with E-state index in [1.165, 1.54) is 0 Å². The molecule has 2 rings (SSSR count). The smallest absolute Gasteiger partial charge is 0.292 e. The van der Waals surface area contributed by atoms with E-state index >= 15 is 0 Å². The van der Waals surface area contributed by atoms with Crippen molar-refractivity contribution in [3.8, 4) is 0 Å². The summed E-state index contributed by atoms with van der Waals surface area (Å²) in [6.45, 7) is 4.17. The molecule has 1 amide bonds. The number of unbranched alkanes of at least 4 members (excludes halogenated alkanes) is 2. The number of hydrogen-bond acceptors (Lipinski definition) is 4. The molecule has 2 N–H and O–H groups in total. The van der Waals surface area contributed by atoms with Crippen LogP contribution in [0.2, 0.25) is 0 Å². The van der Waals surface area contributed by atoms with Gasteiger partial charge in [-0.05, 0) is 31.4 Å². The second-order valence-electron chi connectivity index (χ2n) is 5.87. The molecule has 1 aliphatic rings. The van der Waals surface area contributed by atoms with E-state index in [1.54, 1.807) is 12.1 Å². The van der Waals surface area contributed by atoms with E-state index in [-0.39, 0.29) is 22.6 Å². The van der Waals surface area contributed by atoms with Crippen LogP contribution in [0.25, 0.3) is 0 Å². The van der Waals surface area contributed by atoms with E-state index in [0.29, 0.717) is 24.2 Å². The zero-order valence-corrected chi connectivity index (χ0v) is 13.1. The van der Waals surface area contributed by atoms with E-state index in [2.05, 4.69) is 17.6 Å². The Morgan fingerprint density at radius 2 is 2.14 bits per heavy atom. The Morgan fingerprint density at radius 1 is 1.36 bits per heavy atom. The maximum absolute atomic E-state index is 11.5. The highest BCUT2D eigenvalue weighted by atomic mass is 16.6. The molecule has 1 atom stereocenters. The number of aryl methyl sites for hydroxylation is 1. The van der Waals surface area contributed by atoms with E-state index in [4.69, 9.17) is 0 Å². The van der Waals surface area contributed by atoms with Crippen LogP contribution in [0.1, 0.15) is 51.5 Å². The maximum atomic E-state index is 11.5. The zero-order valence-electron chi connectivity index (χ0n) is 13.1. The summed E-state index contributed by atoms with van der Waals surface area (Å²) in [5.41, 5.74) is 2.08. The second-order valence-corrected chi connectivity index (χ2v) is 5.87. The van der Waals surface area contributed by atoms with Crippen LogP contribution in [0.3, 0.4) is 0 Å². The number of nitrogens with one attached hydrogen (secondary N) is 2. The number of anilines is 2. The molecule has 0 spiro atoms. The lowest BCUT2D eigenvalue weighted by Gasteiger charge is -2.20. The molecule has 1 heterocycles. The second kappa shape index (κ2) is 7.24. The molecule has 0 aromatic heterocycles. The van der Waals surface area contributed by atoms with Gasteiger partial charge < -0.3 is 10.6 Å². The highest BCUT2D eigenvalue weighted by Gasteiger charge is 2.23. The van der Waals surface area contributed by atoms with Gasteiger partial charge in [-0.1, -0.05) is 26.2 Å². The van der Waals surface area contributed by atoms with Crippen molar-refractivity contribution in [1.29, 1.82) is 0 Å². The Hall–Kier alpha value is -2.11. The van der Waals surface area contributed by atoms with Gasteiger partial charge in [0.15, 0.2) is 0 Å². The van der Waals surface area contributed by atoms with Crippen molar-refractivity contribution < 1.29 is 9.72 Å². The summed E-state index contributed by atoms with van der Waals surface area (Å²) >= 11 is 0. The monoisotopic (exact) mass is 305 g/mol. The van der Waals surface area contributed by atoms with Crippen molar-refractivity contribution in [3.05, 3.63) is 27.8 Å². The number of rotatable bonds is 7. The average Bonchev–Trinajstić information content (AvgIpc) is 2.46. The Morgan fingerprint density at radius 3 is 2.82 bits per heavy atom. The van der Waals surface area contributed by atoms with Gasteiger partial charge in [-0.25, -0.2) is 0 Å². The molecule has 22 heavy (non-hydrogen) atoms. The lowest BCUT2D eigenvalue weighted by molar-refractivity contribution is -0.384. The van der Waals surface area contributed by atoms with Gasteiger partial charge in [0, 0.05) is 24.2 Å². The third-order valence-electron chi connectivity index (χ3n) is 3.96. The van der Waals surface area contributed by atoms with Crippen molar-refractivity contribution in [3.63, 3.8) is 0 Å². The first-order valence-electron chi connectivity index (χ1n) is 7.89. The van der Waals surface area contributed by atoms with Gasteiger partial charge in [0.1, 0.15) is 5.69 Å². The predicted octanol–water partition coefficient (Wildman–Crippen LogP) is 3.86. The predicted molar refractivity (Wildman–Crippen MR) is 87.3 cm³/mol. The molecule has 0 saturated heterocycles. The molecule has 0 radical (unpaired) electrons. The molecule has 1 unspecified atom stereocenters. The van der Waals surface area contributed by atoms with Crippen LogP contribution in [0.4, 0.5) is 17.1 Å². The number of nitro groups is 1. The van der Waals surface area contributed by atoms with Gasteiger partial charge in [-0.2, -0.15) is 0 Å². The number of amides is 1. The number of nitrogens with zero attached hydrogens (tertiary/aromatic N) is 1. The summed E-state index contributed by atoms with van der Waals surface area (Å²) in [7, 11) is 0. The van der Waals surface area contributed by atoms with Crippen LogP contribution in [-0.4, -0.2) is 16.9 Å². The maximum Gasteiger partial charge on any atom is 0.292 e. The van der Waals surface area contributed by atoms with Gasteiger partial charge in [0.2, 0.25) is 5.91 Å². The molecule has 0 saturated carbocycles. The van der Waals surface area contributed by atoms with Crippen LogP contribution in [0.5, 0.6) is 0 Å². The molecule has 6 nitrogen and oxygen atoms in total. The minimum atomic E-state index is -0.363. The quantitative estimate of drug-likeness (QED) is 0.455. The summed E-state index contributed by atoms with van der Waals surface area (Å²) in [6, 6.07) is 3.43. The molecule has 1 aromatic rings. The van der Waals surface area contributed by atoms with Crippen molar-refractivity contribution in [1.82, 2.24) is 0 Å². The third-order valence-corrected chi connectivity index (χ3v) is 3.96. The molecule has 0 fully saturated rings. The first kappa shape index (κ1) is 16.3. The van der Waals surface area contributed by atoms with Crippen molar-refractivity contribution in [2.75, 3.05) is 10.6 Å². The van der Waals surface area contributed by atoms with Crippen LogP contribution in [0.15, 0.2) is 12.1 Å². The topological polar surface area (TPSA) is 84.3 Å². The van der Waals surface area contributed by atoms with Crippen LogP contribution in [0, 0.1) is 10.1 Å². The number of fused-ring (bicyclic) bond motifs is 1. The first-order valence-corrected chi connectivity index (χ1v) is 7.89. The van der Waals surface area contributed by atoms with E-state index in [0.717, 1.165) is 31.2 Å². The van der Waals surface area contributed by atoms with E-state index in [9.17, 15) is 14.9 Å². The normalized spacial score (nSPS) is 14.9. The van der Waals surface area contributed by atoms with Crippen LogP contribution in [-0.2, 0) is 11.2 Å². The summed E-state index contributed by atoms with van der Waals surface area (Å²) < 4.78 is 0. The highest BCUT2D eigenvalue weighted by Crippen LogP contribution is 2.34. The number of benzene rings is 1. The lowest BCUT2D eigenvalue weighted by Crippen LogP contribution is -2.21. The Balaban J connectivity index is 2.19. The number of hydrogen-bond donors (Lipinski definition) is 2. The summed E-state index contributed by atoms with van der Waals surface area (Å²) in [6.07, 6.45) is 5.30. The minimum absolute atomic E-state index is 0.0386. The molecule has 0 bridgehead atoms. The molecule has 0 aliphatic carbocycles. The SMILES string of the molecule is CCCCCC(C)Nc1cc2c(cc1[N+](=O)[O-])CCC(=O)N2. The number of carbonyl (C=O) groups is 1. The van der Waals surface area contributed by atoms with Gasteiger partial charge >= 0.3 is 0 Å². The molecular formula is C16H23N3O3. The third kappa shape index (κ3) is 3.96. The summed E-state index contributed by atoms with van der Waals surface area (Å²) in [4.78, 5) is 22.4. The fraction of sp³-hybridized carbons (Fsp3) is 0.562. The first-order chi connectivity index (χ1) is 10.5. The van der Waals surface area contributed by atoms with Gasteiger partial charge in [-0.3, -0.25) is 14.9 Å². The molecule has 120 valence electrons. The highest BCUT2D eigenvalue weighted by molar-refractivity contribution is 5.95. The molecular weight excluding hydrogens is 282 g/mol. The van der Waals surface area contributed by atoms with Crippen LogP contribution < -0.4 is 10.6 Å². The van der Waals surface area contributed by atoms with Gasteiger partial charge in [-0.15, -0.1) is 0 Å². The largest absolute Gasteiger partial charge is 0.377 e. The van der Waals surface area contributed by atoms with Crippen molar-refractivity contribution in [2.24, 2.45) is 0 Å². The van der Waals surface area contributed by atoms with Gasteiger partial charge in [0.25, 0.3) is 5.69 Å². The standard InChI is InChI=1S/C16H23N3O3/c1-3-4-5-6-11(2)17-14-10-13-12(7-8-16(20)18-13)9-15(14)19(21)22/h9-11,17H,3-8H2,1-2H3,(H,18,20). The summed E-state index contributed by atoms with van der Waals surface area (Å²) in [5.74, 6) is -0.0386. The fourth-order valence-corrected chi connectivity index (χ4v) is 2.72. The Bertz CT molecular complexity index is 572. The molecule has 1 aromatic carbocycles. The zero-order chi connectivity index (χ0) is 16.1. The van der Waals surface area contributed by atoms with Gasteiger partial charge in [0.05, 0.1) is 4.92 Å². The van der Waals surface area contributed by atoms with Crippen LogP contribution >= 0.6 is 0 Å². The van der Waals surface area contributed by atoms with Crippen molar-refractivity contribution >= 4 is 23.0 Å². The number of nitro benzene ring substituents is 1. The minimum Gasteiger partial charge on any atom is -0.377 e. The van der Waals surface area contributed by atoms with E-state index < -0.39 is 0 Å². The number of carbonyl (C=O) groups excluding carboxylic acids is 1. The Kier molecular flexibility index (Phi) is 5.35. The van der Waals surface area contributed by atoms with Crippen molar-refractivity contribution in [2.45, 2.75) is 58.4 Å². The average molecular weight is 305 g/mol. The molecule has 6 heteroatoms.